The Morgan fingerprint density at radius 2 is 2.00 bits per heavy atom. The molecule has 0 aliphatic rings. The van der Waals surface area contributed by atoms with Gasteiger partial charge in [0.1, 0.15) is 0 Å². The highest BCUT2D eigenvalue weighted by Gasteiger charge is 2.05. The van der Waals surface area contributed by atoms with Crippen molar-refractivity contribution in [2.24, 2.45) is 0 Å². The molecule has 20 heavy (non-hydrogen) atoms. The Bertz CT molecular complexity index is 424. The number of aliphatic hydroxyl groups is 1. The fraction of sp³-hybridized carbons (Fsp3) is 0.500. The highest BCUT2D eigenvalue weighted by molar-refractivity contribution is 5.73. The van der Waals surface area contributed by atoms with Crippen LogP contribution in [0.2, 0.25) is 0 Å². The lowest BCUT2D eigenvalue weighted by Crippen LogP contribution is -2.37. The first kappa shape index (κ1) is 16.1. The number of aliphatic hydroxyl groups excluding tert-OH is 1. The minimum absolute atomic E-state index is 0.0660. The van der Waals surface area contributed by atoms with Crippen LogP contribution < -0.4 is 20.1 Å². The van der Waals surface area contributed by atoms with E-state index in [9.17, 15) is 4.79 Å². The van der Waals surface area contributed by atoms with Crippen LogP contribution in [0.5, 0.6) is 11.5 Å². The van der Waals surface area contributed by atoms with E-state index in [0.29, 0.717) is 31.1 Å². The number of carbonyl (C=O) groups excluding carboxylic acids is 1. The van der Waals surface area contributed by atoms with E-state index in [0.717, 1.165) is 5.56 Å². The van der Waals surface area contributed by atoms with Crippen LogP contribution in [0.1, 0.15) is 12.5 Å². The quantitative estimate of drug-likeness (QED) is 0.662. The van der Waals surface area contributed by atoms with Gasteiger partial charge < -0.3 is 25.2 Å². The molecule has 0 saturated heterocycles. The van der Waals surface area contributed by atoms with Crippen molar-refractivity contribution in [3.63, 3.8) is 0 Å². The van der Waals surface area contributed by atoms with Gasteiger partial charge in [-0.05, 0) is 31.0 Å². The number of amides is 2. The molecule has 0 saturated carbocycles. The van der Waals surface area contributed by atoms with Gasteiger partial charge in [0, 0.05) is 13.1 Å². The number of hydrogen-bond acceptors (Lipinski definition) is 4. The summed E-state index contributed by atoms with van der Waals surface area (Å²) in [7, 11) is 1.60. The molecule has 0 heterocycles. The van der Waals surface area contributed by atoms with Crippen LogP contribution in [0, 0.1) is 0 Å². The number of methoxy groups -OCH3 is 1. The number of rotatable bonds is 8. The van der Waals surface area contributed by atoms with Crippen LogP contribution in [-0.4, -0.2) is 44.6 Å². The summed E-state index contributed by atoms with van der Waals surface area (Å²) in [5.41, 5.74) is 1.05. The van der Waals surface area contributed by atoms with Crippen molar-refractivity contribution in [3.05, 3.63) is 23.8 Å². The topological polar surface area (TPSA) is 79.8 Å². The smallest absolute Gasteiger partial charge is 0.314 e. The Morgan fingerprint density at radius 3 is 2.65 bits per heavy atom. The van der Waals surface area contributed by atoms with Gasteiger partial charge in [0.15, 0.2) is 11.5 Å². The molecular formula is C14H22N2O4. The van der Waals surface area contributed by atoms with Crippen molar-refractivity contribution >= 4 is 6.03 Å². The molecule has 0 bridgehead atoms. The minimum atomic E-state index is -0.281. The van der Waals surface area contributed by atoms with Crippen molar-refractivity contribution in [2.45, 2.75) is 13.3 Å². The van der Waals surface area contributed by atoms with E-state index in [1.807, 2.05) is 25.1 Å². The summed E-state index contributed by atoms with van der Waals surface area (Å²) in [6.45, 7) is 3.20. The Kier molecular flexibility index (Phi) is 7.27. The molecule has 1 aromatic carbocycles. The van der Waals surface area contributed by atoms with Crippen LogP contribution in [0.4, 0.5) is 4.79 Å². The Balaban J connectivity index is 2.46. The van der Waals surface area contributed by atoms with E-state index >= 15 is 0 Å². The van der Waals surface area contributed by atoms with Crippen molar-refractivity contribution in [1.29, 1.82) is 0 Å². The number of nitrogens with one attached hydrogen (secondary N) is 2. The monoisotopic (exact) mass is 282 g/mol. The molecular weight excluding hydrogens is 260 g/mol. The Labute approximate surface area is 119 Å². The molecule has 0 spiro atoms. The van der Waals surface area contributed by atoms with Gasteiger partial charge in [0.05, 0.1) is 20.3 Å². The number of carbonyl (C=O) groups is 1. The summed E-state index contributed by atoms with van der Waals surface area (Å²) in [6, 6.07) is 5.43. The van der Waals surface area contributed by atoms with Crippen LogP contribution in [0.25, 0.3) is 0 Å². The molecule has 6 heteroatoms. The number of hydrogen-bond donors (Lipinski definition) is 3. The minimum Gasteiger partial charge on any atom is -0.493 e. The lowest BCUT2D eigenvalue weighted by atomic mass is 10.1. The molecule has 0 aliphatic heterocycles. The van der Waals surface area contributed by atoms with Gasteiger partial charge in [-0.15, -0.1) is 0 Å². The summed E-state index contributed by atoms with van der Waals surface area (Å²) in [5.74, 6) is 1.40. The van der Waals surface area contributed by atoms with E-state index < -0.39 is 0 Å². The molecule has 0 atom stereocenters. The normalized spacial score (nSPS) is 9.95. The average Bonchev–Trinajstić information content (AvgIpc) is 2.46. The number of urea groups is 1. The number of benzene rings is 1. The number of ether oxygens (including phenoxy) is 2. The third kappa shape index (κ3) is 5.36. The first-order valence-corrected chi connectivity index (χ1v) is 6.63. The molecule has 1 rings (SSSR count). The predicted octanol–water partition coefficient (Wildman–Crippen LogP) is 0.928. The maximum Gasteiger partial charge on any atom is 0.314 e. The molecule has 6 nitrogen and oxygen atoms in total. The van der Waals surface area contributed by atoms with Crippen molar-refractivity contribution < 1.29 is 19.4 Å². The van der Waals surface area contributed by atoms with E-state index in [2.05, 4.69) is 10.6 Å². The van der Waals surface area contributed by atoms with Crippen molar-refractivity contribution in [3.8, 4) is 11.5 Å². The average molecular weight is 282 g/mol. The van der Waals surface area contributed by atoms with Crippen molar-refractivity contribution in [2.75, 3.05) is 33.4 Å². The zero-order valence-electron chi connectivity index (χ0n) is 11.9. The lowest BCUT2D eigenvalue weighted by Gasteiger charge is -2.11. The highest BCUT2D eigenvalue weighted by Crippen LogP contribution is 2.28. The van der Waals surface area contributed by atoms with Gasteiger partial charge in [-0.3, -0.25) is 0 Å². The van der Waals surface area contributed by atoms with Gasteiger partial charge in [-0.1, -0.05) is 6.07 Å². The van der Waals surface area contributed by atoms with Crippen LogP contribution in [0.15, 0.2) is 18.2 Å². The summed E-state index contributed by atoms with van der Waals surface area (Å²) in [4.78, 5) is 11.3. The van der Waals surface area contributed by atoms with E-state index in [1.165, 1.54) is 0 Å². The molecule has 3 N–H and O–H groups in total. The first-order chi connectivity index (χ1) is 9.71. The maximum atomic E-state index is 11.3. The lowest BCUT2D eigenvalue weighted by molar-refractivity contribution is 0.234. The van der Waals surface area contributed by atoms with Crippen LogP contribution in [-0.2, 0) is 6.42 Å². The second kappa shape index (κ2) is 9.03. The van der Waals surface area contributed by atoms with Gasteiger partial charge in [0.25, 0.3) is 0 Å². The highest BCUT2D eigenvalue weighted by atomic mass is 16.5. The van der Waals surface area contributed by atoms with Crippen LogP contribution in [0.3, 0.4) is 0 Å². The molecule has 1 aromatic rings. The largest absolute Gasteiger partial charge is 0.493 e. The first-order valence-electron chi connectivity index (χ1n) is 6.63. The van der Waals surface area contributed by atoms with Crippen LogP contribution >= 0.6 is 0 Å². The Morgan fingerprint density at radius 1 is 1.25 bits per heavy atom. The molecule has 2 amide bonds. The van der Waals surface area contributed by atoms with E-state index in [-0.39, 0.29) is 19.2 Å². The Hall–Kier alpha value is -1.95. The SMILES string of the molecule is CCOc1ccc(CCNC(=O)NCCO)cc1OC. The molecule has 0 aromatic heterocycles. The third-order valence-corrected chi connectivity index (χ3v) is 2.62. The van der Waals surface area contributed by atoms with Crippen molar-refractivity contribution in [1.82, 2.24) is 10.6 Å². The van der Waals surface area contributed by atoms with Gasteiger partial charge in [-0.2, -0.15) is 0 Å². The van der Waals surface area contributed by atoms with Gasteiger partial charge in [-0.25, -0.2) is 4.79 Å². The third-order valence-electron chi connectivity index (χ3n) is 2.62. The molecule has 0 radical (unpaired) electrons. The zero-order chi connectivity index (χ0) is 14.8. The van der Waals surface area contributed by atoms with Gasteiger partial charge >= 0.3 is 6.03 Å². The van der Waals surface area contributed by atoms with E-state index in [4.69, 9.17) is 14.6 Å². The second-order valence-electron chi connectivity index (χ2n) is 4.07. The summed E-state index contributed by atoms with van der Waals surface area (Å²) < 4.78 is 10.7. The fourth-order valence-electron chi connectivity index (χ4n) is 1.69. The van der Waals surface area contributed by atoms with Gasteiger partial charge in [0.2, 0.25) is 0 Å². The molecule has 0 unspecified atom stereocenters. The standard InChI is InChI=1S/C14H22N2O4/c1-3-20-12-5-4-11(10-13(12)19-2)6-7-15-14(18)16-8-9-17/h4-5,10,17H,3,6-9H2,1-2H3,(H2,15,16,18). The maximum absolute atomic E-state index is 11.3. The molecule has 0 aliphatic carbocycles. The zero-order valence-corrected chi connectivity index (χ0v) is 11.9. The van der Waals surface area contributed by atoms with E-state index in [1.54, 1.807) is 7.11 Å². The summed E-state index contributed by atoms with van der Waals surface area (Å²) >= 11 is 0. The molecule has 0 fully saturated rings. The molecule has 112 valence electrons. The predicted molar refractivity (Wildman–Crippen MR) is 76.4 cm³/mol. The summed E-state index contributed by atoms with van der Waals surface area (Å²) in [6.07, 6.45) is 0.690. The second-order valence-corrected chi connectivity index (χ2v) is 4.07. The summed E-state index contributed by atoms with van der Waals surface area (Å²) in [5, 5.41) is 13.8. The fourth-order valence-corrected chi connectivity index (χ4v) is 1.69.